The molecule has 2 amide bonds. The Balaban J connectivity index is 2.10. The molecule has 2 aromatic carbocycles. The number of nitrogens with two attached hydrogens (primary N) is 2. The minimum absolute atomic E-state index is 0.0811. The minimum Gasteiger partial charge on any atom is -0.480 e. The van der Waals surface area contributed by atoms with Crippen molar-refractivity contribution in [2.75, 3.05) is 6.54 Å². The number of aliphatic imine (C=N–C) groups is 1. The number of hydrogen-bond donors (Lipinski definition) is 5. The Bertz CT molecular complexity index is 899. The quantitative estimate of drug-likeness (QED) is 0.202. The second-order valence-corrected chi connectivity index (χ2v) is 6.93. The number of benzene rings is 2. The SMILES string of the molecule is NC(N)=NCCC[C@H](NC(=O)[C@H](Cc1ccccc1)NC(=O)c1ccccc1)C(=O)O. The Morgan fingerprint density at radius 1 is 0.903 bits per heavy atom. The van der Waals surface area contributed by atoms with Crippen LogP contribution in [0.1, 0.15) is 28.8 Å². The molecule has 9 nitrogen and oxygen atoms in total. The average Bonchev–Trinajstić information content (AvgIpc) is 2.76. The van der Waals surface area contributed by atoms with Crippen molar-refractivity contribution in [1.82, 2.24) is 10.6 Å². The molecule has 2 rings (SSSR count). The fourth-order valence-electron chi connectivity index (χ4n) is 2.92. The Morgan fingerprint density at radius 2 is 1.52 bits per heavy atom. The number of rotatable bonds is 11. The number of hydrogen-bond acceptors (Lipinski definition) is 4. The first-order valence-corrected chi connectivity index (χ1v) is 9.85. The lowest BCUT2D eigenvalue weighted by Crippen LogP contribution is -2.52. The number of aliphatic carboxylic acids is 1. The molecular formula is C22H27N5O4. The molecule has 0 spiro atoms. The summed E-state index contributed by atoms with van der Waals surface area (Å²) >= 11 is 0. The Labute approximate surface area is 180 Å². The third-order valence-electron chi connectivity index (χ3n) is 4.50. The number of carboxylic acids is 1. The van der Waals surface area contributed by atoms with Gasteiger partial charge in [0.15, 0.2) is 5.96 Å². The van der Waals surface area contributed by atoms with E-state index in [9.17, 15) is 19.5 Å². The van der Waals surface area contributed by atoms with Gasteiger partial charge in [-0.25, -0.2) is 4.79 Å². The minimum atomic E-state index is -1.18. The maximum absolute atomic E-state index is 12.9. The molecule has 0 bridgehead atoms. The second kappa shape index (κ2) is 12.0. The zero-order valence-electron chi connectivity index (χ0n) is 17.0. The third kappa shape index (κ3) is 8.17. The van der Waals surface area contributed by atoms with Crippen molar-refractivity contribution in [3.63, 3.8) is 0 Å². The van der Waals surface area contributed by atoms with Crippen molar-refractivity contribution in [2.24, 2.45) is 16.5 Å². The van der Waals surface area contributed by atoms with Crippen LogP contribution in [-0.4, -0.2) is 47.5 Å². The number of nitrogens with one attached hydrogen (secondary N) is 2. The molecule has 164 valence electrons. The highest BCUT2D eigenvalue weighted by Crippen LogP contribution is 2.07. The van der Waals surface area contributed by atoms with Gasteiger partial charge >= 0.3 is 5.97 Å². The summed E-state index contributed by atoms with van der Waals surface area (Å²) < 4.78 is 0. The number of guanidine groups is 1. The third-order valence-corrected chi connectivity index (χ3v) is 4.50. The van der Waals surface area contributed by atoms with Crippen molar-refractivity contribution in [2.45, 2.75) is 31.3 Å². The van der Waals surface area contributed by atoms with Gasteiger partial charge in [0.1, 0.15) is 12.1 Å². The highest BCUT2D eigenvalue weighted by atomic mass is 16.4. The van der Waals surface area contributed by atoms with Gasteiger partial charge in [-0.1, -0.05) is 48.5 Å². The van der Waals surface area contributed by atoms with Gasteiger partial charge in [-0.2, -0.15) is 0 Å². The smallest absolute Gasteiger partial charge is 0.326 e. The molecular weight excluding hydrogens is 398 g/mol. The first-order chi connectivity index (χ1) is 14.9. The monoisotopic (exact) mass is 425 g/mol. The van der Waals surface area contributed by atoms with E-state index in [0.29, 0.717) is 12.0 Å². The van der Waals surface area contributed by atoms with Crippen LogP contribution in [0.2, 0.25) is 0 Å². The predicted octanol–water partition coefficient (Wildman–Crippen LogP) is 0.651. The van der Waals surface area contributed by atoms with Gasteiger partial charge in [-0.05, 0) is 30.5 Å². The number of carbonyl (C=O) groups is 3. The van der Waals surface area contributed by atoms with E-state index in [1.54, 1.807) is 30.3 Å². The summed E-state index contributed by atoms with van der Waals surface area (Å²) in [5, 5.41) is 14.7. The molecule has 9 heteroatoms. The molecule has 0 aliphatic rings. The van der Waals surface area contributed by atoms with E-state index in [-0.39, 0.29) is 25.3 Å². The molecule has 2 atom stereocenters. The summed E-state index contributed by atoms with van der Waals surface area (Å²) in [6.07, 6.45) is 0.725. The maximum atomic E-state index is 12.9. The fourth-order valence-corrected chi connectivity index (χ4v) is 2.92. The number of amides is 2. The number of carbonyl (C=O) groups excluding carboxylic acids is 2. The van der Waals surface area contributed by atoms with Crippen molar-refractivity contribution in [3.8, 4) is 0 Å². The summed E-state index contributed by atoms with van der Waals surface area (Å²) in [5.74, 6) is -2.26. The Kier molecular flexibility index (Phi) is 9.03. The van der Waals surface area contributed by atoms with Gasteiger partial charge in [0.2, 0.25) is 5.91 Å². The molecule has 0 unspecified atom stereocenters. The number of carboxylic acid groups (broad SMARTS) is 1. The Hall–Kier alpha value is -3.88. The molecule has 0 aliphatic carbocycles. The van der Waals surface area contributed by atoms with Crippen LogP contribution in [0.4, 0.5) is 0 Å². The molecule has 0 saturated carbocycles. The highest BCUT2D eigenvalue weighted by molar-refractivity contribution is 5.98. The van der Waals surface area contributed by atoms with Crippen LogP contribution in [0.5, 0.6) is 0 Å². The molecule has 0 aliphatic heterocycles. The van der Waals surface area contributed by atoms with Gasteiger partial charge in [-0.3, -0.25) is 14.6 Å². The van der Waals surface area contributed by atoms with Crippen LogP contribution in [0.25, 0.3) is 0 Å². The van der Waals surface area contributed by atoms with Crippen LogP contribution >= 0.6 is 0 Å². The molecule has 2 aromatic rings. The summed E-state index contributed by atoms with van der Waals surface area (Å²) in [5.41, 5.74) is 11.7. The molecule has 0 fully saturated rings. The zero-order valence-corrected chi connectivity index (χ0v) is 17.0. The summed E-state index contributed by atoms with van der Waals surface area (Å²) in [4.78, 5) is 40.9. The molecule has 0 saturated heterocycles. The van der Waals surface area contributed by atoms with E-state index in [1.165, 1.54) is 0 Å². The molecule has 0 heterocycles. The van der Waals surface area contributed by atoms with E-state index >= 15 is 0 Å². The van der Waals surface area contributed by atoms with E-state index in [1.807, 2.05) is 30.3 Å². The van der Waals surface area contributed by atoms with Crippen LogP contribution in [0.3, 0.4) is 0 Å². The first kappa shape index (κ1) is 23.4. The summed E-state index contributed by atoms with van der Waals surface area (Å²) in [6.45, 7) is 0.250. The molecule has 0 aromatic heterocycles. The standard InChI is InChI=1S/C22H27N5O4/c23-22(24)25-13-7-12-17(21(30)31)26-20(29)18(14-15-8-3-1-4-9-15)27-19(28)16-10-5-2-6-11-16/h1-6,8-11,17-18H,7,12-14H2,(H,26,29)(H,27,28)(H,30,31)(H4,23,24,25)/t17-,18-/m0/s1. The topological polar surface area (TPSA) is 160 Å². The lowest BCUT2D eigenvalue weighted by atomic mass is 10.0. The normalized spacial score (nSPS) is 12.3. The van der Waals surface area contributed by atoms with Crippen molar-refractivity contribution < 1.29 is 19.5 Å². The largest absolute Gasteiger partial charge is 0.480 e. The Morgan fingerprint density at radius 3 is 2.10 bits per heavy atom. The fraction of sp³-hybridized carbons (Fsp3) is 0.273. The lowest BCUT2D eigenvalue weighted by molar-refractivity contribution is -0.142. The second-order valence-electron chi connectivity index (χ2n) is 6.93. The van der Waals surface area contributed by atoms with E-state index in [0.717, 1.165) is 5.56 Å². The van der Waals surface area contributed by atoms with Crippen LogP contribution in [0.15, 0.2) is 65.7 Å². The number of nitrogens with zero attached hydrogens (tertiary/aromatic N) is 1. The van der Waals surface area contributed by atoms with Gasteiger partial charge in [-0.15, -0.1) is 0 Å². The van der Waals surface area contributed by atoms with Gasteiger partial charge in [0.05, 0.1) is 0 Å². The van der Waals surface area contributed by atoms with Crippen molar-refractivity contribution in [3.05, 3.63) is 71.8 Å². The summed E-state index contributed by atoms with van der Waals surface area (Å²) in [6, 6.07) is 15.6. The highest BCUT2D eigenvalue weighted by Gasteiger charge is 2.27. The molecule has 31 heavy (non-hydrogen) atoms. The van der Waals surface area contributed by atoms with E-state index < -0.39 is 29.9 Å². The maximum Gasteiger partial charge on any atom is 0.326 e. The van der Waals surface area contributed by atoms with Crippen LogP contribution < -0.4 is 22.1 Å². The van der Waals surface area contributed by atoms with Crippen molar-refractivity contribution >= 4 is 23.7 Å². The van der Waals surface area contributed by atoms with Gasteiger partial charge < -0.3 is 27.2 Å². The van der Waals surface area contributed by atoms with E-state index in [4.69, 9.17) is 11.5 Å². The lowest BCUT2D eigenvalue weighted by Gasteiger charge is -2.21. The first-order valence-electron chi connectivity index (χ1n) is 9.85. The van der Waals surface area contributed by atoms with Crippen LogP contribution in [-0.2, 0) is 16.0 Å². The summed E-state index contributed by atoms with van der Waals surface area (Å²) in [7, 11) is 0. The van der Waals surface area contributed by atoms with Crippen molar-refractivity contribution in [1.29, 1.82) is 0 Å². The van der Waals surface area contributed by atoms with Gasteiger partial charge in [0.25, 0.3) is 5.91 Å². The average molecular weight is 425 g/mol. The molecule has 0 radical (unpaired) electrons. The van der Waals surface area contributed by atoms with E-state index in [2.05, 4.69) is 15.6 Å². The van der Waals surface area contributed by atoms with Crippen LogP contribution in [0, 0.1) is 0 Å². The zero-order chi connectivity index (χ0) is 22.6. The molecule has 7 N–H and O–H groups in total. The predicted molar refractivity (Wildman–Crippen MR) is 117 cm³/mol. The van der Waals surface area contributed by atoms with Gasteiger partial charge in [0, 0.05) is 18.5 Å².